The molecule has 2 rings (SSSR count). The minimum atomic E-state index is 0.404. The lowest BCUT2D eigenvalue weighted by Gasteiger charge is -2.35. The SMILES string of the molecule is CCCNc1ncnc(NC2CC(OC)C2)c1CCC. The van der Waals surface area contributed by atoms with E-state index in [2.05, 4.69) is 34.4 Å². The van der Waals surface area contributed by atoms with Crippen molar-refractivity contribution in [1.29, 1.82) is 0 Å². The lowest BCUT2D eigenvalue weighted by molar-refractivity contribution is 0.0327. The Kier molecular flexibility index (Phi) is 5.59. The van der Waals surface area contributed by atoms with Crippen molar-refractivity contribution in [2.24, 2.45) is 0 Å². The number of rotatable bonds is 8. The fourth-order valence-electron chi connectivity index (χ4n) is 2.49. The third-order valence-corrected chi connectivity index (χ3v) is 3.76. The maximum atomic E-state index is 5.32. The molecule has 0 unspecified atom stereocenters. The molecular formula is C15H26N4O. The highest BCUT2D eigenvalue weighted by Crippen LogP contribution is 2.29. The zero-order chi connectivity index (χ0) is 14.4. The van der Waals surface area contributed by atoms with Gasteiger partial charge in [-0.25, -0.2) is 9.97 Å². The topological polar surface area (TPSA) is 59.1 Å². The monoisotopic (exact) mass is 278 g/mol. The quantitative estimate of drug-likeness (QED) is 0.765. The molecule has 1 aliphatic carbocycles. The van der Waals surface area contributed by atoms with Gasteiger partial charge in [-0.05, 0) is 25.7 Å². The summed E-state index contributed by atoms with van der Waals surface area (Å²) in [5.74, 6) is 1.97. The third-order valence-electron chi connectivity index (χ3n) is 3.76. The van der Waals surface area contributed by atoms with Crippen LogP contribution in [0.15, 0.2) is 6.33 Å². The molecule has 1 aromatic heterocycles. The van der Waals surface area contributed by atoms with Gasteiger partial charge in [-0.1, -0.05) is 20.3 Å². The highest BCUT2D eigenvalue weighted by Gasteiger charge is 2.29. The maximum Gasteiger partial charge on any atom is 0.134 e. The Hall–Kier alpha value is -1.36. The molecule has 1 heterocycles. The molecule has 0 bridgehead atoms. The van der Waals surface area contributed by atoms with Crippen LogP contribution < -0.4 is 10.6 Å². The van der Waals surface area contributed by atoms with Gasteiger partial charge in [0, 0.05) is 25.3 Å². The molecule has 1 saturated carbocycles. The molecule has 1 aliphatic rings. The van der Waals surface area contributed by atoms with Crippen molar-refractivity contribution >= 4 is 11.6 Å². The molecule has 0 saturated heterocycles. The lowest BCUT2D eigenvalue weighted by Crippen LogP contribution is -2.40. The molecular weight excluding hydrogens is 252 g/mol. The fraction of sp³-hybridized carbons (Fsp3) is 0.733. The van der Waals surface area contributed by atoms with Crippen LogP contribution in [-0.2, 0) is 11.2 Å². The van der Waals surface area contributed by atoms with E-state index in [1.165, 1.54) is 5.56 Å². The molecule has 1 fully saturated rings. The summed E-state index contributed by atoms with van der Waals surface area (Å²) in [6, 6.07) is 0.476. The largest absolute Gasteiger partial charge is 0.381 e. The highest BCUT2D eigenvalue weighted by atomic mass is 16.5. The minimum Gasteiger partial charge on any atom is -0.381 e. The van der Waals surface area contributed by atoms with Crippen molar-refractivity contribution in [3.63, 3.8) is 0 Å². The number of ether oxygens (including phenoxy) is 1. The van der Waals surface area contributed by atoms with Crippen molar-refractivity contribution in [3.05, 3.63) is 11.9 Å². The number of methoxy groups -OCH3 is 1. The minimum absolute atomic E-state index is 0.404. The number of hydrogen-bond donors (Lipinski definition) is 2. The Balaban J connectivity index is 2.06. The van der Waals surface area contributed by atoms with Crippen molar-refractivity contribution in [3.8, 4) is 0 Å². The van der Waals surface area contributed by atoms with Crippen molar-refractivity contribution in [2.45, 2.75) is 58.1 Å². The van der Waals surface area contributed by atoms with E-state index in [4.69, 9.17) is 4.74 Å². The first-order chi connectivity index (χ1) is 9.78. The van der Waals surface area contributed by atoms with Crippen molar-refractivity contribution in [1.82, 2.24) is 9.97 Å². The molecule has 0 atom stereocenters. The Morgan fingerprint density at radius 2 is 1.95 bits per heavy atom. The molecule has 5 nitrogen and oxygen atoms in total. The van der Waals surface area contributed by atoms with Gasteiger partial charge < -0.3 is 15.4 Å². The second-order valence-corrected chi connectivity index (χ2v) is 5.40. The van der Waals surface area contributed by atoms with Crippen LogP contribution in [0.4, 0.5) is 11.6 Å². The van der Waals surface area contributed by atoms with Gasteiger partial charge in [0.2, 0.25) is 0 Å². The van der Waals surface area contributed by atoms with Gasteiger partial charge >= 0.3 is 0 Å². The summed E-state index contributed by atoms with van der Waals surface area (Å²) in [6.07, 6.45) is 7.35. The zero-order valence-corrected chi connectivity index (χ0v) is 12.8. The van der Waals surface area contributed by atoms with E-state index in [0.29, 0.717) is 12.1 Å². The van der Waals surface area contributed by atoms with E-state index in [1.807, 2.05) is 0 Å². The van der Waals surface area contributed by atoms with E-state index in [9.17, 15) is 0 Å². The van der Waals surface area contributed by atoms with Gasteiger partial charge in [0.25, 0.3) is 0 Å². The summed E-state index contributed by atoms with van der Waals surface area (Å²) in [4.78, 5) is 8.83. The molecule has 20 heavy (non-hydrogen) atoms. The smallest absolute Gasteiger partial charge is 0.134 e. The van der Waals surface area contributed by atoms with E-state index in [0.717, 1.165) is 50.3 Å². The van der Waals surface area contributed by atoms with E-state index in [-0.39, 0.29) is 0 Å². The standard InChI is InChI=1S/C15H26N4O/c1-4-6-13-14(16-7-5-2)17-10-18-15(13)19-11-8-12(9-11)20-3/h10-12H,4-9H2,1-3H3,(H2,16,17,18,19). The van der Waals surface area contributed by atoms with Crippen molar-refractivity contribution < 1.29 is 4.74 Å². The van der Waals surface area contributed by atoms with E-state index < -0.39 is 0 Å². The first-order valence-corrected chi connectivity index (χ1v) is 7.65. The summed E-state index contributed by atoms with van der Waals surface area (Å²) in [7, 11) is 1.78. The number of anilines is 2. The molecule has 2 N–H and O–H groups in total. The molecule has 1 aromatic rings. The third kappa shape index (κ3) is 3.60. The summed E-state index contributed by atoms with van der Waals surface area (Å²) in [5.41, 5.74) is 1.21. The molecule has 0 aromatic carbocycles. The van der Waals surface area contributed by atoms with Gasteiger partial charge in [-0.2, -0.15) is 0 Å². The molecule has 0 amide bonds. The zero-order valence-electron chi connectivity index (χ0n) is 12.8. The summed E-state index contributed by atoms with van der Waals surface area (Å²) >= 11 is 0. The number of hydrogen-bond acceptors (Lipinski definition) is 5. The average molecular weight is 278 g/mol. The molecule has 0 spiro atoms. The van der Waals surface area contributed by atoms with Gasteiger partial charge in [-0.15, -0.1) is 0 Å². The van der Waals surface area contributed by atoms with Crippen LogP contribution in [0.5, 0.6) is 0 Å². The number of nitrogens with zero attached hydrogens (tertiary/aromatic N) is 2. The van der Waals surface area contributed by atoms with Crippen LogP contribution in [0.3, 0.4) is 0 Å². The van der Waals surface area contributed by atoms with Gasteiger partial charge in [0.15, 0.2) is 0 Å². The van der Waals surface area contributed by atoms with Crippen molar-refractivity contribution in [2.75, 3.05) is 24.3 Å². The van der Waals surface area contributed by atoms with Crippen LogP contribution in [0.2, 0.25) is 0 Å². The first kappa shape index (κ1) is 15.0. The van der Waals surface area contributed by atoms with Gasteiger partial charge in [-0.3, -0.25) is 0 Å². The van der Waals surface area contributed by atoms with Crippen LogP contribution in [0, 0.1) is 0 Å². The Bertz CT molecular complexity index is 418. The van der Waals surface area contributed by atoms with Crippen LogP contribution in [0.1, 0.15) is 45.1 Å². The first-order valence-electron chi connectivity index (χ1n) is 7.65. The van der Waals surface area contributed by atoms with Crippen LogP contribution in [-0.4, -0.2) is 35.8 Å². The molecule has 112 valence electrons. The predicted octanol–water partition coefficient (Wildman–Crippen LogP) is 2.84. The maximum absolute atomic E-state index is 5.32. The fourth-order valence-corrected chi connectivity index (χ4v) is 2.49. The highest BCUT2D eigenvalue weighted by molar-refractivity contribution is 5.58. The predicted molar refractivity (Wildman–Crippen MR) is 82.2 cm³/mol. The van der Waals surface area contributed by atoms with E-state index >= 15 is 0 Å². The summed E-state index contributed by atoms with van der Waals surface area (Å²) in [6.45, 7) is 5.29. The average Bonchev–Trinajstić information content (AvgIpc) is 2.42. The van der Waals surface area contributed by atoms with Crippen LogP contribution in [0.25, 0.3) is 0 Å². The number of aromatic nitrogens is 2. The lowest BCUT2D eigenvalue weighted by atomic mass is 9.89. The van der Waals surface area contributed by atoms with Crippen LogP contribution >= 0.6 is 0 Å². The second-order valence-electron chi connectivity index (χ2n) is 5.40. The van der Waals surface area contributed by atoms with Gasteiger partial charge in [0.1, 0.15) is 18.0 Å². The van der Waals surface area contributed by atoms with Gasteiger partial charge in [0.05, 0.1) is 6.10 Å². The Labute approximate surface area is 121 Å². The Morgan fingerprint density at radius 3 is 2.60 bits per heavy atom. The molecule has 5 heteroatoms. The summed E-state index contributed by atoms with van der Waals surface area (Å²) in [5, 5.41) is 6.94. The molecule has 0 radical (unpaired) electrons. The molecule has 0 aliphatic heterocycles. The summed E-state index contributed by atoms with van der Waals surface area (Å²) < 4.78 is 5.32. The second kappa shape index (κ2) is 7.43. The van der Waals surface area contributed by atoms with E-state index in [1.54, 1.807) is 13.4 Å². The normalized spacial score (nSPS) is 21.4. The Morgan fingerprint density at radius 1 is 1.20 bits per heavy atom. The number of nitrogens with one attached hydrogen (secondary N) is 2.